The quantitative estimate of drug-likeness (QED) is 0.00250. The average Bonchev–Trinajstić information content (AvgIpc) is 1.46. The van der Waals surface area contributed by atoms with Crippen molar-refractivity contribution in [2.24, 2.45) is 50.6 Å². The Bertz CT molecular complexity index is 4630. The summed E-state index contributed by atoms with van der Waals surface area (Å²) in [5.41, 5.74) is 8.90. The van der Waals surface area contributed by atoms with E-state index in [1.54, 1.807) is 118 Å². The summed E-state index contributed by atoms with van der Waals surface area (Å²) in [5.74, 6) is 0.00440. The van der Waals surface area contributed by atoms with Crippen LogP contribution in [0.5, 0.6) is 0 Å². The number of halogens is 4. The van der Waals surface area contributed by atoms with Gasteiger partial charge in [0.15, 0.2) is 17.9 Å². The maximum atomic E-state index is 14.8. The third-order valence-electron chi connectivity index (χ3n) is 25.4. The fourth-order valence-electron chi connectivity index (χ4n) is 17.4. The molecule has 8 aliphatic heterocycles. The number of carbonyl (C=O) groups excluding carboxylic acids is 3. The van der Waals surface area contributed by atoms with Gasteiger partial charge >= 0.3 is 0 Å². The van der Waals surface area contributed by atoms with Gasteiger partial charge in [-0.2, -0.15) is 0 Å². The van der Waals surface area contributed by atoms with Crippen LogP contribution in [-0.2, 0) is 83.6 Å². The van der Waals surface area contributed by atoms with E-state index in [4.69, 9.17) is 90.2 Å². The molecule has 0 spiro atoms. The number of Topliss-reactive ketones (excluding diaryl/α,β-unsaturated/α-hetero) is 2. The first-order chi connectivity index (χ1) is 64.9. The van der Waals surface area contributed by atoms with Gasteiger partial charge in [0.05, 0.1) is 135 Å². The van der Waals surface area contributed by atoms with Gasteiger partial charge in [-0.05, 0) is 123 Å². The third kappa shape index (κ3) is 34.8. The Morgan fingerprint density at radius 2 is 1.04 bits per heavy atom. The van der Waals surface area contributed by atoms with E-state index >= 15 is 0 Å². The lowest BCUT2D eigenvalue weighted by molar-refractivity contribution is -0.117. The Morgan fingerprint density at radius 3 is 1.56 bits per heavy atom. The van der Waals surface area contributed by atoms with Gasteiger partial charge in [-0.3, -0.25) is 14.6 Å². The van der Waals surface area contributed by atoms with Gasteiger partial charge in [-0.15, -0.1) is 43.2 Å². The summed E-state index contributed by atoms with van der Waals surface area (Å²) < 4.78 is 117. The van der Waals surface area contributed by atoms with Gasteiger partial charge in [-0.25, -0.2) is 17.6 Å². The molecule has 4 unspecified atom stereocenters. The maximum Gasteiger partial charge on any atom is 0.169 e. The molecule has 6 N–H and O–H groups in total. The number of rotatable bonds is 32. The normalized spacial score (nSPS) is 25.9. The molecule has 18 atom stereocenters. The molecule has 23 nitrogen and oxygen atoms in total. The Morgan fingerprint density at radius 1 is 0.578 bits per heavy atom. The number of thiocarbonyl (C=S) groups is 1. The van der Waals surface area contributed by atoms with Crippen molar-refractivity contribution in [3.63, 3.8) is 0 Å². The highest BCUT2D eigenvalue weighted by atomic mass is 32.2. The highest BCUT2D eigenvalue weighted by molar-refractivity contribution is 8.14. The van der Waals surface area contributed by atoms with Crippen molar-refractivity contribution in [3.05, 3.63) is 265 Å². The predicted octanol–water partition coefficient (Wildman–Crippen LogP) is 18.8. The van der Waals surface area contributed by atoms with Crippen LogP contribution in [0.4, 0.5) is 17.6 Å². The number of oxime groups is 2. The third-order valence-corrected chi connectivity index (χ3v) is 26.8. The molecule has 6 fully saturated rings. The minimum absolute atomic E-state index is 0.000908. The molecule has 14 rings (SSSR count). The summed E-state index contributed by atoms with van der Waals surface area (Å²) in [7, 11) is 3.23. The molecule has 6 saturated heterocycles. The number of aliphatic hydroxyl groups excluding tert-OH is 3. The van der Waals surface area contributed by atoms with Crippen LogP contribution in [0.2, 0.25) is 0 Å². The van der Waals surface area contributed by atoms with Crippen LogP contribution in [0, 0.1) is 52.9 Å². The van der Waals surface area contributed by atoms with Gasteiger partial charge in [0, 0.05) is 159 Å². The van der Waals surface area contributed by atoms with E-state index in [9.17, 15) is 42.2 Å². The molecule has 742 valence electrons. The Kier molecular flexibility index (Phi) is 52.1. The summed E-state index contributed by atoms with van der Waals surface area (Å²) in [6, 6.07) is 45.4. The zero-order valence-electron chi connectivity index (χ0n) is 80.3. The van der Waals surface area contributed by atoms with Crippen LogP contribution in [-0.4, -0.2) is 227 Å². The number of fused-ring (bicyclic) bond motifs is 3. The number of aldehydes is 1. The number of ketones is 2. The van der Waals surface area contributed by atoms with Crippen LogP contribution in [0.15, 0.2) is 224 Å². The SMILES string of the molecule is C=CC(C)O.C=CC(C)OCC/C=N/O.C=CC(C)OCCC(OC)OC.C=CC(C)OCCC=O.C[C@H]1OCCC2=NOC[C@@H]21.C[C@H]1OCC[C@@](CC(=S)CC(=O)c2ccccc2)(c2ccccc2F)[C@@H]1CO.C[C@H]1OCC[C@@](N)(c2ccccc2F)[C@@H]1CO.C[C@H]1OCC[C@]2(c3ccccc3F)COC[C@H]12.C[C@H]1OCC[C@]2(c3ccccc3F)N=C(CC(=O)c3ccccc3)SC[C@H]12. The number of nitrogens with zero attached hydrogens (tertiary/aromatic N) is 3. The Balaban J connectivity index is 0.000000243. The van der Waals surface area contributed by atoms with E-state index in [2.05, 4.69) is 50.5 Å². The Labute approximate surface area is 806 Å². The molecule has 8 heterocycles. The number of aliphatic imine (C=N–C) groups is 1. The molecule has 6 aromatic carbocycles. The number of thioether (sulfide) groups is 1. The summed E-state index contributed by atoms with van der Waals surface area (Å²) in [6.07, 6.45) is 14.7. The van der Waals surface area contributed by atoms with Gasteiger partial charge in [0.1, 0.15) is 36.2 Å². The lowest BCUT2D eigenvalue weighted by atomic mass is 9.62. The fourth-order valence-corrected chi connectivity index (χ4v) is 19.1. The van der Waals surface area contributed by atoms with Crippen molar-refractivity contribution in [1.82, 2.24) is 0 Å². The molecule has 0 radical (unpaired) electrons. The van der Waals surface area contributed by atoms with E-state index in [-0.39, 0.29) is 145 Å². The van der Waals surface area contributed by atoms with Gasteiger partial charge < -0.3 is 88.0 Å². The number of benzene rings is 6. The van der Waals surface area contributed by atoms with Crippen LogP contribution >= 0.6 is 24.0 Å². The fraction of sp³-hybridized carbons (Fsp3) is 0.519. The van der Waals surface area contributed by atoms with E-state index in [1.165, 1.54) is 36.2 Å². The summed E-state index contributed by atoms with van der Waals surface area (Å²) in [4.78, 5) is 45.6. The van der Waals surface area contributed by atoms with Gasteiger partial charge in [0.25, 0.3) is 0 Å². The first kappa shape index (κ1) is 115. The lowest BCUT2D eigenvalue weighted by Crippen LogP contribution is -2.55. The smallest absolute Gasteiger partial charge is 0.169 e. The second-order valence-electron chi connectivity index (χ2n) is 34.2. The number of hydrogen-bond donors (Lipinski definition) is 5. The van der Waals surface area contributed by atoms with Crippen LogP contribution in [0.25, 0.3) is 0 Å². The second kappa shape index (κ2) is 61.0. The van der Waals surface area contributed by atoms with Crippen LogP contribution in [0.3, 0.4) is 0 Å². The summed E-state index contributed by atoms with van der Waals surface area (Å²) in [5, 5.41) is 43.4. The standard InChI is InChI=1S/C23H25FO3S.C22H22FNO2S.C14H17FO2.C13H18FNO2.C9H18O3.C7H11NO2.C7H13NO2.C7H12O2.C4H8O/c1-16-20(15-25)23(11-12-27-16,19-9-5-6-10-21(19)24)14-18(28)13-22(26)17-7-3-2-4-8-17;1-15-18-14-27-21(13-20(25)16-7-3-2-4-8-16)24-22(18,11-12-26-15)17-9-5-6-10-19(17)23;1-10-12-8-16-9-14(12,6-7-17-10)11-4-2-3-5-13(11)15;1-9-11(8-16)13(15,6-7-17-9)10-4-2-3-5-12(10)14;1-5-8(2)12-7-6-9(10-3)11-4;1-5-6-4-10-8-7(6)2-3-9-5;1-3-7(2)10-6-4-5-8-9;1-3-7(2)9-6-4-5-8;1-3-4(2)5/h2-10,16,20,25H,11-15H2,1H3;2-10,15,18H,11-14H2,1H3;2-5,10,12H,6-9H2,1H3;2-5,9,11,16H,6-8,15H2,1H3;5,8-9H,1,6-7H2,2-4H3;5-6H,2-4H2,1H3;3,5,7,9H,1,4,6H2,2H3;3,5,7H,1,4,6H2,2H3;3-5H,1H2,2H3/b;;;;;;8-5+;;/t16-,20-,23-;15-,18-,22-;10-,12-,14-;9-,11-,13-;;5-,6-;;;/m1111.1.../s1. The molecule has 0 amide bonds. The highest BCUT2D eigenvalue weighted by Gasteiger charge is 2.53. The minimum Gasteiger partial charge on any atom is -0.411 e. The monoisotopic (exact) mass is 1920 g/mol. The molecule has 0 aliphatic carbocycles. The number of hydrogen-bond acceptors (Lipinski definition) is 25. The van der Waals surface area contributed by atoms with E-state index in [0.29, 0.717) is 143 Å². The first-order valence-corrected chi connectivity index (χ1v) is 47.7. The number of aliphatic hydroxyl groups is 3. The first-order valence-electron chi connectivity index (χ1n) is 46.3. The van der Waals surface area contributed by atoms with E-state index in [1.807, 2.05) is 114 Å². The predicted molar refractivity (Wildman–Crippen MR) is 527 cm³/mol. The van der Waals surface area contributed by atoms with Crippen molar-refractivity contribution in [1.29, 1.82) is 0 Å². The average molecular weight is 1920 g/mol. The van der Waals surface area contributed by atoms with Crippen LogP contribution in [0.1, 0.15) is 176 Å². The number of carbonyl (C=O) groups is 3. The van der Waals surface area contributed by atoms with E-state index < -0.39 is 16.5 Å². The molecule has 135 heavy (non-hydrogen) atoms. The molecular weight excluding hydrogens is 1770 g/mol. The highest BCUT2D eigenvalue weighted by Crippen LogP contribution is 2.51. The van der Waals surface area contributed by atoms with Gasteiger partial charge in [0.2, 0.25) is 0 Å². The van der Waals surface area contributed by atoms with Crippen molar-refractivity contribution in [2.75, 3.05) is 106 Å². The van der Waals surface area contributed by atoms with Crippen molar-refractivity contribution in [2.45, 2.75) is 216 Å². The Hall–Kier alpha value is -8.54. The molecule has 0 aromatic heterocycles. The van der Waals surface area contributed by atoms with E-state index in [0.717, 1.165) is 55.1 Å². The van der Waals surface area contributed by atoms with Crippen LogP contribution < -0.4 is 5.73 Å². The van der Waals surface area contributed by atoms with Crippen molar-refractivity contribution in [3.8, 4) is 0 Å². The molecular formula is C106H144F4N4O19S2. The number of methoxy groups -OCH3 is 2. The second-order valence-corrected chi connectivity index (χ2v) is 35.9. The summed E-state index contributed by atoms with van der Waals surface area (Å²) >= 11 is 7.20. The zero-order valence-corrected chi connectivity index (χ0v) is 81.9. The molecule has 0 bridgehead atoms. The minimum atomic E-state index is -0.849. The summed E-state index contributed by atoms with van der Waals surface area (Å²) in [6.45, 7) is 37.8. The number of nitrogens with two attached hydrogens (primary N) is 1. The molecule has 29 heteroatoms. The molecule has 8 aliphatic rings. The lowest BCUT2D eigenvalue weighted by Gasteiger charge is -2.47. The molecule has 0 saturated carbocycles. The topological polar surface area (TPSA) is 306 Å². The van der Waals surface area contributed by atoms with Gasteiger partial charge in [-0.1, -0.05) is 175 Å². The largest absolute Gasteiger partial charge is 0.411 e. The number of ether oxygens (including phenoxy) is 11. The van der Waals surface area contributed by atoms with Crippen molar-refractivity contribution >= 4 is 63.7 Å². The molecule has 6 aromatic rings. The maximum absolute atomic E-state index is 14.8. The zero-order chi connectivity index (χ0) is 98.9. The van der Waals surface area contributed by atoms with Crippen molar-refractivity contribution < 1.29 is 109 Å².